The molecule has 0 unspecified atom stereocenters. The molecule has 0 spiro atoms. The third-order valence-corrected chi connectivity index (χ3v) is 4.24. The smallest absolute Gasteiger partial charge is 0.231 e. The van der Waals surface area contributed by atoms with Crippen molar-refractivity contribution in [1.29, 1.82) is 0 Å². The molecule has 1 aliphatic carbocycles. The van der Waals surface area contributed by atoms with E-state index in [0.29, 0.717) is 19.3 Å². The molecular weight excluding hydrogens is 261 g/mol. The third-order valence-electron chi connectivity index (χ3n) is 4.24. The first-order valence-corrected chi connectivity index (χ1v) is 6.82. The summed E-state index contributed by atoms with van der Waals surface area (Å²) in [5.41, 5.74) is -0.859. The molecule has 0 bridgehead atoms. The topological polar surface area (TPSA) is 69.6 Å². The molecule has 1 aromatic carbocycles. The quantitative estimate of drug-likeness (QED) is 0.731. The van der Waals surface area contributed by atoms with Crippen LogP contribution < -0.4 is 5.32 Å². The van der Waals surface area contributed by atoms with Crippen molar-refractivity contribution < 1.29 is 19.4 Å². The zero-order valence-corrected chi connectivity index (χ0v) is 11.5. The molecule has 1 saturated carbocycles. The average molecular weight is 281 g/mol. The molecule has 0 saturated heterocycles. The summed E-state index contributed by atoms with van der Waals surface area (Å²) in [6.07, 6.45) is 1.83. The van der Waals surface area contributed by atoms with E-state index in [1.807, 2.05) is 0 Å². The van der Waals surface area contributed by atoms with Crippen molar-refractivity contribution in [2.75, 3.05) is 13.2 Å². The predicted molar refractivity (Wildman–Crippen MR) is 72.6 cm³/mol. The van der Waals surface area contributed by atoms with Crippen LogP contribution in [0.1, 0.15) is 31.7 Å². The zero-order valence-electron chi connectivity index (χ0n) is 11.5. The molecule has 0 aromatic heterocycles. The van der Waals surface area contributed by atoms with Crippen molar-refractivity contribution in [2.24, 2.45) is 0 Å². The fraction of sp³-hybridized carbons (Fsp3) is 0.533. The van der Waals surface area contributed by atoms with Crippen LogP contribution in [0.2, 0.25) is 0 Å². The van der Waals surface area contributed by atoms with Crippen LogP contribution in [-0.4, -0.2) is 34.9 Å². The number of benzene rings is 1. The molecule has 1 fully saturated rings. The molecule has 1 amide bonds. The van der Waals surface area contributed by atoms with E-state index in [4.69, 9.17) is 0 Å². The molecule has 0 aliphatic heterocycles. The summed E-state index contributed by atoms with van der Waals surface area (Å²) < 4.78 is 13.0. The highest BCUT2D eigenvalue weighted by Crippen LogP contribution is 2.48. The Morgan fingerprint density at radius 2 is 1.85 bits per heavy atom. The Morgan fingerprint density at radius 3 is 2.25 bits per heavy atom. The summed E-state index contributed by atoms with van der Waals surface area (Å²) >= 11 is 0. The van der Waals surface area contributed by atoms with E-state index in [0.717, 1.165) is 5.56 Å². The monoisotopic (exact) mass is 281 g/mol. The SMILES string of the molecule is CCC(CO)(CO)NC(=O)C1(c2ccc(F)cc2)CC1. The fourth-order valence-electron chi connectivity index (χ4n) is 2.34. The van der Waals surface area contributed by atoms with Gasteiger partial charge in [0.15, 0.2) is 0 Å². The van der Waals surface area contributed by atoms with E-state index in [-0.39, 0.29) is 24.9 Å². The van der Waals surface area contributed by atoms with Crippen molar-refractivity contribution in [1.82, 2.24) is 5.32 Å². The van der Waals surface area contributed by atoms with Gasteiger partial charge in [-0.1, -0.05) is 19.1 Å². The van der Waals surface area contributed by atoms with Crippen molar-refractivity contribution in [3.63, 3.8) is 0 Å². The molecule has 0 heterocycles. The predicted octanol–water partition coefficient (Wildman–Crippen LogP) is 1.11. The lowest BCUT2D eigenvalue weighted by molar-refractivity contribution is -0.127. The summed E-state index contributed by atoms with van der Waals surface area (Å²) in [7, 11) is 0. The first-order valence-electron chi connectivity index (χ1n) is 6.82. The molecule has 5 heteroatoms. The van der Waals surface area contributed by atoms with Gasteiger partial charge in [0.1, 0.15) is 5.82 Å². The van der Waals surface area contributed by atoms with Crippen LogP contribution in [0, 0.1) is 5.82 Å². The summed E-state index contributed by atoms with van der Waals surface area (Å²) in [4.78, 5) is 12.5. The van der Waals surface area contributed by atoms with Gasteiger partial charge in [-0.2, -0.15) is 0 Å². The summed E-state index contributed by atoms with van der Waals surface area (Å²) in [6.45, 7) is 1.17. The van der Waals surface area contributed by atoms with Crippen molar-refractivity contribution in [3.05, 3.63) is 35.6 Å². The van der Waals surface area contributed by atoms with Crippen LogP contribution >= 0.6 is 0 Å². The van der Waals surface area contributed by atoms with E-state index in [2.05, 4.69) is 5.32 Å². The minimum Gasteiger partial charge on any atom is -0.394 e. The largest absolute Gasteiger partial charge is 0.394 e. The molecule has 3 N–H and O–H groups in total. The van der Waals surface area contributed by atoms with E-state index < -0.39 is 11.0 Å². The van der Waals surface area contributed by atoms with Gasteiger partial charge in [-0.3, -0.25) is 4.79 Å². The minimum atomic E-state index is -0.993. The summed E-state index contributed by atoms with van der Waals surface area (Å²) in [5, 5.41) is 21.6. The number of carbonyl (C=O) groups excluding carboxylic acids is 1. The lowest BCUT2D eigenvalue weighted by Crippen LogP contribution is -2.56. The average Bonchev–Trinajstić information content (AvgIpc) is 3.27. The number of aliphatic hydroxyl groups is 2. The second-order valence-electron chi connectivity index (χ2n) is 5.49. The van der Waals surface area contributed by atoms with E-state index in [1.165, 1.54) is 12.1 Å². The molecule has 20 heavy (non-hydrogen) atoms. The van der Waals surface area contributed by atoms with Gasteiger partial charge in [0.05, 0.1) is 24.2 Å². The Labute approximate surface area is 117 Å². The molecule has 2 rings (SSSR count). The van der Waals surface area contributed by atoms with Gasteiger partial charge in [-0.15, -0.1) is 0 Å². The van der Waals surface area contributed by atoms with Crippen LogP contribution in [0.3, 0.4) is 0 Å². The summed E-state index contributed by atoms with van der Waals surface area (Å²) in [5.74, 6) is -0.548. The van der Waals surface area contributed by atoms with Crippen molar-refractivity contribution >= 4 is 5.91 Å². The molecule has 0 atom stereocenters. The highest BCUT2D eigenvalue weighted by atomic mass is 19.1. The van der Waals surface area contributed by atoms with Gasteiger partial charge < -0.3 is 15.5 Å². The molecule has 1 aromatic rings. The van der Waals surface area contributed by atoms with Crippen molar-refractivity contribution in [3.8, 4) is 0 Å². The number of nitrogens with one attached hydrogen (secondary N) is 1. The Kier molecular flexibility index (Phi) is 4.11. The number of halogens is 1. The standard InChI is InChI=1S/C15H20FNO3/c1-2-14(9-18,10-19)17-13(20)15(7-8-15)11-3-5-12(16)6-4-11/h3-6,18-19H,2,7-10H2,1H3,(H,17,20). The van der Waals surface area contributed by atoms with E-state index in [1.54, 1.807) is 19.1 Å². The number of hydrogen-bond acceptors (Lipinski definition) is 3. The molecule has 4 nitrogen and oxygen atoms in total. The second kappa shape index (κ2) is 5.50. The second-order valence-corrected chi connectivity index (χ2v) is 5.49. The van der Waals surface area contributed by atoms with Crippen LogP contribution in [-0.2, 0) is 10.2 Å². The summed E-state index contributed by atoms with van der Waals surface area (Å²) in [6, 6.07) is 5.92. The lowest BCUT2D eigenvalue weighted by atomic mass is 9.91. The van der Waals surface area contributed by atoms with Gasteiger partial charge in [0.2, 0.25) is 5.91 Å². The maximum Gasteiger partial charge on any atom is 0.231 e. The Morgan fingerprint density at radius 1 is 1.30 bits per heavy atom. The molecule has 110 valence electrons. The number of rotatable bonds is 6. The first kappa shape index (κ1) is 14.9. The maximum atomic E-state index is 13.0. The van der Waals surface area contributed by atoms with Crippen LogP contribution in [0.5, 0.6) is 0 Å². The zero-order chi connectivity index (χ0) is 14.8. The van der Waals surface area contributed by atoms with Crippen LogP contribution in [0.4, 0.5) is 4.39 Å². The van der Waals surface area contributed by atoms with Crippen molar-refractivity contribution in [2.45, 2.75) is 37.1 Å². The number of amides is 1. The minimum absolute atomic E-state index is 0.214. The van der Waals surface area contributed by atoms with Gasteiger partial charge in [0, 0.05) is 0 Å². The van der Waals surface area contributed by atoms with E-state index in [9.17, 15) is 19.4 Å². The Bertz CT molecular complexity index is 470. The maximum absolute atomic E-state index is 13.0. The number of hydrogen-bond donors (Lipinski definition) is 3. The first-order chi connectivity index (χ1) is 9.52. The Balaban J connectivity index is 2.18. The van der Waals surface area contributed by atoms with Gasteiger partial charge in [-0.05, 0) is 37.0 Å². The van der Waals surface area contributed by atoms with Gasteiger partial charge in [0.25, 0.3) is 0 Å². The molecular formula is C15H20FNO3. The highest BCUT2D eigenvalue weighted by Gasteiger charge is 2.52. The number of aliphatic hydroxyl groups excluding tert-OH is 2. The van der Waals surface area contributed by atoms with Crippen LogP contribution in [0.15, 0.2) is 24.3 Å². The molecule has 0 radical (unpaired) electrons. The number of carbonyl (C=O) groups is 1. The molecule has 1 aliphatic rings. The normalized spacial score (nSPS) is 16.8. The van der Waals surface area contributed by atoms with E-state index >= 15 is 0 Å². The van der Waals surface area contributed by atoms with Gasteiger partial charge >= 0.3 is 0 Å². The Hall–Kier alpha value is -1.46. The fourth-order valence-corrected chi connectivity index (χ4v) is 2.34. The highest BCUT2D eigenvalue weighted by molar-refractivity contribution is 5.91. The van der Waals surface area contributed by atoms with Crippen LogP contribution in [0.25, 0.3) is 0 Å². The lowest BCUT2D eigenvalue weighted by Gasteiger charge is -2.32. The van der Waals surface area contributed by atoms with Gasteiger partial charge in [-0.25, -0.2) is 4.39 Å². The third kappa shape index (κ3) is 2.55.